The zero-order valence-electron chi connectivity index (χ0n) is 9.66. The van der Waals surface area contributed by atoms with Gasteiger partial charge in [-0.05, 0) is 20.3 Å². The van der Waals surface area contributed by atoms with Crippen molar-refractivity contribution in [2.75, 3.05) is 13.7 Å². The molecule has 0 fully saturated rings. The number of nitrogens with two attached hydrogens (primary N) is 1. The number of hydrogen-bond acceptors (Lipinski definition) is 4. The van der Waals surface area contributed by atoms with Gasteiger partial charge in [-0.3, -0.25) is 0 Å². The Balaban J connectivity index is 2.65. The molecule has 0 bridgehead atoms. The lowest BCUT2D eigenvalue weighted by molar-refractivity contribution is 0.194. The molecule has 84 valence electrons. The second kappa shape index (κ2) is 5.78. The maximum absolute atomic E-state index is 5.79. The van der Waals surface area contributed by atoms with E-state index in [1.807, 2.05) is 20.0 Å². The molecule has 1 aromatic rings. The standard InChI is InChI=1S/C11H19N3O/c1-8(12)10-7-13-11(14-9(10)2)5-4-6-15-3/h7-8H,4-6,12H2,1-3H3/t8-/m0/s1. The molecule has 1 atom stereocenters. The van der Waals surface area contributed by atoms with E-state index < -0.39 is 0 Å². The first-order chi connectivity index (χ1) is 7.15. The average molecular weight is 209 g/mol. The van der Waals surface area contributed by atoms with E-state index in [0.29, 0.717) is 0 Å². The van der Waals surface area contributed by atoms with Crippen molar-refractivity contribution in [2.45, 2.75) is 32.7 Å². The summed E-state index contributed by atoms with van der Waals surface area (Å²) in [5.74, 6) is 0.869. The Morgan fingerprint density at radius 3 is 2.80 bits per heavy atom. The second-order valence-corrected chi connectivity index (χ2v) is 3.71. The van der Waals surface area contributed by atoms with Gasteiger partial charge in [0.25, 0.3) is 0 Å². The molecule has 0 radical (unpaired) electrons. The fourth-order valence-corrected chi connectivity index (χ4v) is 1.47. The van der Waals surface area contributed by atoms with Crippen LogP contribution in [0.5, 0.6) is 0 Å². The molecule has 1 aromatic heterocycles. The minimum Gasteiger partial charge on any atom is -0.385 e. The number of nitrogens with zero attached hydrogens (tertiary/aromatic N) is 2. The lowest BCUT2D eigenvalue weighted by atomic mass is 10.1. The number of aromatic nitrogens is 2. The van der Waals surface area contributed by atoms with Crippen molar-refractivity contribution in [3.05, 3.63) is 23.3 Å². The highest BCUT2D eigenvalue weighted by molar-refractivity contribution is 5.19. The van der Waals surface area contributed by atoms with Gasteiger partial charge in [-0.25, -0.2) is 9.97 Å². The predicted molar refractivity (Wildman–Crippen MR) is 59.6 cm³/mol. The molecule has 0 aliphatic rings. The van der Waals surface area contributed by atoms with Gasteiger partial charge >= 0.3 is 0 Å². The molecule has 0 aliphatic carbocycles. The van der Waals surface area contributed by atoms with E-state index in [-0.39, 0.29) is 6.04 Å². The molecule has 0 aromatic carbocycles. The van der Waals surface area contributed by atoms with Crippen molar-refractivity contribution < 1.29 is 4.74 Å². The highest BCUT2D eigenvalue weighted by atomic mass is 16.5. The number of hydrogen-bond donors (Lipinski definition) is 1. The van der Waals surface area contributed by atoms with Crippen molar-refractivity contribution in [3.63, 3.8) is 0 Å². The molecule has 15 heavy (non-hydrogen) atoms. The third-order valence-electron chi connectivity index (χ3n) is 2.31. The molecular weight excluding hydrogens is 190 g/mol. The van der Waals surface area contributed by atoms with Crippen LogP contribution in [0.15, 0.2) is 6.20 Å². The Bertz CT molecular complexity index is 313. The van der Waals surface area contributed by atoms with Crippen molar-refractivity contribution in [2.24, 2.45) is 5.73 Å². The van der Waals surface area contributed by atoms with Gasteiger partial charge in [-0.15, -0.1) is 0 Å². The third kappa shape index (κ3) is 3.57. The van der Waals surface area contributed by atoms with E-state index >= 15 is 0 Å². The average Bonchev–Trinajstić information content (AvgIpc) is 2.17. The van der Waals surface area contributed by atoms with Crippen LogP contribution in [-0.4, -0.2) is 23.7 Å². The SMILES string of the molecule is COCCCc1ncc([C@H](C)N)c(C)n1. The highest BCUT2D eigenvalue weighted by Crippen LogP contribution is 2.12. The summed E-state index contributed by atoms with van der Waals surface area (Å²) >= 11 is 0. The fraction of sp³-hybridized carbons (Fsp3) is 0.636. The van der Waals surface area contributed by atoms with Crippen LogP contribution in [-0.2, 0) is 11.2 Å². The molecule has 4 heteroatoms. The molecule has 2 N–H and O–H groups in total. The van der Waals surface area contributed by atoms with Gasteiger partial charge in [0.05, 0.1) is 0 Å². The quantitative estimate of drug-likeness (QED) is 0.744. The maximum atomic E-state index is 5.79. The Labute approximate surface area is 90.9 Å². The normalized spacial score (nSPS) is 12.8. The molecule has 4 nitrogen and oxygen atoms in total. The van der Waals surface area contributed by atoms with Crippen LogP contribution < -0.4 is 5.73 Å². The van der Waals surface area contributed by atoms with Crippen LogP contribution in [0.25, 0.3) is 0 Å². The summed E-state index contributed by atoms with van der Waals surface area (Å²) in [5.41, 5.74) is 7.78. The Morgan fingerprint density at radius 2 is 2.27 bits per heavy atom. The van der Waals surface area contributed by atoms with Gasteiger partial charge in [-0.2, -0.15) is 0 Å². The summed E-state index contributed by atoms with van der Waals surface area (Å²) < 4.78 is 4.98. The summed E-state index contributed by atoms with van der Waals surface area (Å²) in [7, 11) is 1.70. The molecule has 0 amide bonds. The third-order valence-corrected chi connectivity index (χ3v) is 2.31. The number of ether oxygens (including phenoxy) is 1. The van der Waals surface area contributed by atoms with Crippen molar-refractivity contribution in [1.82, 2.24) is 9.97 Å². The topological polar surface area (TPSA) is 61.0 Å². The van der Waals surface area contributed by atoms with Crippen molar-refractivity contribution in [3.8, 4) is 0 Å². The molecule has 0 aliphatic heterocycles. The lowest BCUT2D eigenvalue weighted by Crippen LogP contribution is -2.10. The van der Waals surface area contributed by atoms with Crippen LogP contribution in [0.4, 0.5) is 0 Å². The molecule has 0 saturated heterocycles. The Morgan fingerprint density at radius 1 is 1.53 bits per heavy atom. The number of methoxy groups -OCH3 is 1. The van der Waals surface area contributed by atoms with Gasteiger partial charge in [0.1, 0.15) is 5.82 Å². The second-order valence-electron chi connectivity index (χ2n) is 3.71. The first-order valence-electron chi connectivity index (χ1n) is 5.22. The van der Waals surface area contributed by atoms with Crippen LogP contribution in [0.2, 0.25) is 0 Å². The lowest BCUT2D eigenvalue weighted by Gasteiger charge is -2.09. The largest absolute Gasteiger partial charge is 0.385 e. The van der Waals surface area contributed by atoms with Crippen molar-refractivity contribution >= 4 is 0 Å². The van der Waals surface area contributed by atoms with Gasteiger partial charge in [0.2, 0.25) is 0 Å². The van der Waals surface area contributed by atoms with Crippen LogP contribution in [0.1, 0.15) is 36.5 Å². The minimum atomic E-state index is -0.00183. The highest BCUT2D eigenvalue weighted by Gasteiger charge is 2.06. The Hall–Kier alpha value is -1.00. The molecular formula is C11H19N3O. The first-order valence-corrected chi connectivity index (χ1v) is 5.22. The molecule has 0 saturated carbocycles. The smallest absolute Gasteiger partial charge is 0.128 e. The maximum Gasteiger partial charge on any atom is 0.128 e. The van der Waals surface area contributed by atoms with Crippen LogP contribution >= 0.6 is 0 Å². The first kappa shape index (κ1) is 12.1. The summed E-state index contributed by atoms with van der Waals surface area (Å²) in [6.45, 7) is 4.66. The summed E-state index contributed by atoms with van der Waals surface area (Å²) in [5, 5.41) is 0. The van der Waals surface area contributed by atoms with Gasteiger partial charge in [0, 0.05) is 43.6 Å². The van der Waals surface area contributed by atoms with E-state index in [1.165, 1.54) is 0 Å². The van der Waals surface area contributed by atoms with E-state index in [1.54, 1.807) is 7.11 Å². The van der Waals surface area contributed by atoms with Gasteiger partial charge < -0.3 is 10.5 Å². The van der Waals surface area contributed by atoms with Gasteiger partial charge in [0.15, 0.2) is 0 Å². The monoisotopic (exact) mass is 209 g/mol. The van der Waals surface area contributed by atoms with Gasteiger partial charge in [-0.1, -0.05) is 0 Å². The number of rotatable bonds is 5. The molecule has 1 heterocycles. The molecule has 0 spiro atoms. The predicted octanol–water partition coefficient (Wildman–Crippen LogP) is 1.38. The van der Waals surface area contributed by atoms with Crippen molar-refractivity contribution in [1.29, 1.82) is 0 Å². The summed E-state index contributed by atoms with van der Waals surface area (Å²) in [4.78, 5) is 8.71. The zero-order chi connectivity index (χ0) is 11.3. The van der Waals surface area contributed by atoms with Crippen LogP contribution in [0, 0.1) is 6.92 Å². The van der Waals surface area contributed by atoms with E-state index in [2.05, 4.69) is 9.97 Å². The van der Waals surface area contributed by atoms with E-state index in [9.17, 15) is 0 Å². The molecule has 1 rings (SSSR count). The zero-order valence-corrected chi connectivity index (χ0v) is 9.66. The minimum absolute atomic E-state index is 0.00183. The summed E-state index contributed by atoms with van der Waals surface area (Å²) in [6, 6.07) is -0.00183. The van der Waals surface area contributed by atoms with E-state index in [0.717, 1.165) is 36.5 Å². The number of aryl methyl sites for hydroxylation is 2. The fourth-order valence-electron chi connectivity index (χ4n) is 1.47. The molecule has 0 unspecified atom stereocenters. The Kier molecular flexibility index (Phi) is 4.65. The summed E-state index contributed by atoms with van der Waals surface area (Å²) in [6.07, 6.45) is 3.64. The van der Waals surface area contributed by atoms with E-state index in [4.69, 9.17) is 10.5 Å². The van der Waals surface area contributed by atoms with Crippen LogP contribution in [0.3, 0.4) is 0 Å².